The predicted octanol–water partition coefficient (Wildman–Crippen LogP) is 5.09. The highest BCUT2D eigenvalue weighted by molar-refractivity contribution is 5.89. The molecule has 4 rings (SSSR count). The number of fused-ring (bicyclic) bond motifs is 5. The number of carbonyl (C=O) groups is 1. The van der Waals surface area contributed by atoms with Crippen LogP contribution in [0.15, 0.2) is 0 Å². The number of Topliss-reactive ketones (excluding diaryl/α,β-unsaturated/α-hetero) is 1. The highest BCUT2D eigenvalue weighted by Gasteiger charge is 2.71. The Morgan fingerprint density at radius 3 is 2.33 bits per heavy atom. The number of carbonyl (C=O) groups excluding carboxylic acids is 1. The predicted molar refractivity (Wildman–Crippen MR) is 85.8 cm³/mol. The number of hydrogen-bond donors (Lipinski definition) is 0. The average molecular weight is 288 g/mol. The lowest BCUT2D eigenvalue weighted by Crippen LogP contribution is -2.52. The topological polar surface area (TPSA) is 17.1 Å². The molecule has 0 heterocycles. The van der Waals surface area contributed by atoms with Crippen molar-refractivity contribution in [3.8, 4) is 0 Å². The molecule has 1 heteroatoms. The summed E-state index contributed by atoms with van der Waals surface area (Å²) in [5.41, 5.74) is 0.967. The standard InChI is InChI=1S/C20H32O/c1-12(2)13-6-7-18(3)8-9-19(4)11-15(21)20(5)10-14(20)17(19)16(13)18/h12-14,16-17H,6-11H2,1-5H3. The smallest absolute Gasteiger partial charge is 0.139 e. The molecule has 0 spiro atoms. The van der Waals surface area contributed by atoms with Crippen LogP contribution in [0, 0.1) is 45.8 Å². The van der Waals surface area contributed by atoms with Gasteiger partial charge in [0.2, 0.25) is 0 Å². The molecule has 4 saturated carbocycles. The SMILES string of the molecule is CC(C)C1CCC2(C)CCC3(C)CC(=O)C4(C)CC4C3C12. The Balaban J connectivity index is 1.76. The largest absolute Gasteiger partial charge is 0.299 e. The Labute approximate surface area is 130 Å². The van der Waals surface area contributed by atoms with Gasteiger partial charge in [-0.1, -0.05) is 34.6 Å². The van der Waals surface area contributed by atoms with Crippen LogP contribution in [-0.4, -0.2) is 5.78 Å². The van der Waals surface area contributed by atoms with Crippen molar-refractivity contribution in [3.63, 3.8) is 0 Å². The van der Waals surface area contributed by atoms with E-state index in [0.29, 0.717) is 22.5 Å². The van der Waals surface area contributed by atoms with Crippen molar-refractivity contribution in [2.24, 2.45) is 45.8 Å². The summed E-state index contributed by atoms with van der Waals surface area (Å²) < 4.78 is 0. The van der Waals surface area contributed by atoms with Crippen LogP contribution < -0.4 is 0 Å². The normalized spacial score (nSPS) is 58.7. The molecule has 118 valence electrons. The summed E-state index contributed by atoms with van der Waals surface area (Å²) in [5, 5.41) is 0. The third-order valence-electron chi connectivity index (χ3n) is 8.57. The van der Waals surface area contributed by atoms with Crippen LogP contribution >= 0.6 is 0 Å². The minimum absolute atomic E-state index is 0.0759. The summed E-state index contributed by atoms with van der Waals surface area (Å²) >= 11 is 0. The minimum atomic E-state index is 0.0759. The van der Waals surface area contributed by atoms with Crippen molar-refractivity contribution >= 4 is 5.78 Å². The minimum Gasteiger partial charge on any atom is -0.299 e. The summed E-state index contributed by atoms with van der Waals surface area (Å²) in [4.78, 5) is 12.6. The van der Waals surface area contributed by atoms with Crippen LogP contribution in [0.4, 0.5) is 0 Å². The van der Waals surface area contributed by atoms with Gasteiger partial charge in [0.15, 0.2) is 0 Å². The molecular formula is C20H32O. The molecule has 7 atom stereocenters. The van der Waals surface area contributed by atoms with Crippen molar-refractivity contribution < 1.29 is 4.79 Å². The Kier molecular flexibility index (Phi) is 2.68. The van der Waals surface area contributed by atoms with Crippen molar-refractivity contribution in [2.75, 3.05) is 0 Å². The molecule has 4 aliphatic rings. The fraction of sp³-hybridized carbons (Fsp3) is 0.950. The van der Waals surface area contributed by atoms with Crippen LogP contribution in [0.1, 0.15) is 73.1 Å². The molecule has 7 unspecified atom stereocenters. The van der Waals surface area contributed by atoms with E-state index in [0.717, 1.165) is 30.1 Å². The molecule has 0 amide bonds. The molecule has 4 fully saturated rings. The van der Waals surface area contributed by atoms with Crippen LogP contribution in [-0.2, 0) is 4.79 Å². The molecule has 1 nitrogen and oxygen atoms in total. The number of ketones is 1. The monoisotopic (exact) mass is 288 g/mol. The molecule has 21 heavy (non-hydrogen) atoms. The van der Waals surface area contributed by atoms with Gasteiger partial charge in [-0.25, -0.2) is 0 Å². The van der Waals surface area contributed by atoms with Crippen molar-refractivity contribution in [1.29, 1.82) is 0 Å². The van der Waals surface area contributed by atoms with E-state index in [9.17, 15) is 4.79 Å². The average Bonchev–Trinajstić information content (AvgIpc) is 2.95. The Bertz CT molecular complexity index is 494. The lowest BCUT2D eigenvalue weighted by molar-refractivity contribution is -0.141. The quantitative estimate of drug-likeness (QED) is 0.657. The second-order valence-corrected chi connectivity index (χ2v) is 10.1. The highest BCUT2D eigenvalue weighted by Crippen LogP contribution is 2.75. The molecular weight excluding hydrogens is 256 g/mol. The molecule has 0 saturated heterocycles. The van der Waals surface area contributed by atoms with Gasteiger partial charge in [0.05, 0.1) is 0 Å². The maximum absolute atomic E-state index is 12.6. The van der Waals surface area contributed by atoms with E-state index in [-0.39, 0.29) is 5.41 Å². The van der Waals surface area contributed by atoms with Gasteiger partial charge in [0.1, 0.15) is 5.78 Å². The zero-order chi connectivity index (χ0) is 15.2. The first-order valence-electron chi connectivity index (χ1n) is 9.25. The summed E-state index contributed by atoms with van der Waals surface area (Å²) in [5.74, 6) is 4.73. The molecule has 0 aromatic rings. The van der Waals surface area contributed by atoms with Crippen LogP contribution in [0.2, 0.25) is 0 Å². The van der Waals surface area contributed by atoms with E-state index in [1.807, 2.05) is 0 Å². The summed E-state index contributed by atoms with van der Waals surface area (Å²) in [6.45, 7) is 12.2. The first-order chi connectivity index (χ1) is 9.71. The Morgan fingerprint density at radius 1 is 1.00 bits per heavy atom. The van der Waals surface area contributed by atoms with Crippen molar-refractivity contribution in [2.45, 2.75) is 73.1 Å². The molecule has 0 aromatic heterocycles. The first kappa shape index (κ1) is 14.3. The Hall–Kier alpha value is -0.330. The number of hydrogen-bond acceptors (Lipinski definition) is 1. The van der Waals surface area contributed by atoms with E-state index >= 15 is 0 Å². The van der Waals surface area contributed by atoms with Crippen molar-refractivity contribution in [3.05, 3.63) is 0 Å². The zero-order valence-corrected chi connectivity index (χ0v) is 14.5. The third kappa shape index (κ3) is 1.67. The molecule has 4 aliphatic carbocycles. The van der Waals surface area contributed by atoms with Crippen LogP contribution in [0.25, 0.3) is 0 Å². The van der Waals surface area contributed by atoms with Gasteiger partial charge in [0.25, 0.3) is 0 Å². The zero-order valence-electron chi connectivity index (χ0n) is 14.5. The van der Waals surface area contributed by atoms with Crippen molar-refractivity contribution in [1.82, 2.24) is 0 Å². The van der Waals surface area contributed by atoms with E-state index in [1.165, 1.54) is 32.1 Å². The van der Waals surface area contributed by atoms with Gasteiger partial charge in [-0.15, -0.1) is 0 Å². The van der Waals surface area contributed by atoms with Gasteiger partial charge >= 0.3 is 0 Å². The molecule has 0 aliphatic heterocycles. The van der Waals surface area contributed by atoms with Gasteiger partial charge in [0, 0.05) is 11.8 Å². The molecule has 0 radical (unpaired) electrons. The van der Waals surface area contributed by atoms with E-state index in [2.05, 4.69) is 34.6 Å². The molecule has 0 aromatic carbocycles. The molecule has 0 bridgehead atoms. The highest BCUT2D eigenvalue weighted by atomic mass is 16.1. The van der Waals surface area contributed by atoms with Gasteiger partial charge in [-0.05, 0) is 72.5 Å². The summed E-state index contributed by atoms with van der Waals surface area (Å²) in [7, 11) is 0. The second-order valence-electron chi connectivity index (χ2n) is 10.1. The maximum Gasteiger partial charge on any atom is 0.139 e. The van der Waals surface area contributed by atoms with E-state index in [1.54, 1.807) is 0 Å². The van der Waals surface area contributed by atoms with Gasteiger partial charge in [-0.3, -0.25) is 4.79 Å². The van der Waals surface area contributed by atoms with Crippen LogP contribution in [0.3, 0.4) is 0 Å². The van der Waals surface area contributed by atoms with Gasteiger partial charge < -0.3 is 0 Å². The fourth-order valence-electron chi connectivity index (χ4n) is 7.02. The Morgan fingerprint density at radius 2 is 1.67 bits per heavy atom. The van der Waals surface area contributed by atoms with Crippen LogP contribution in [0.5, 0.6) is 0 Å². The lowest BCUT2D eigenvalue weighted by Gasteiger charge is -2.57. The summed E-state index contributed by atoms with van der Waals surface area (Å²) in [6.07, 6.45) is 7.61. The first-order valence-corrected chi connectivity index (χ1v) is 9.25. The molecule has 0 N–H and O–H groups in total. The third-order valence-corrected chi connectivity index (χ3v) is 8.57. The van der Waals surface area contributed by atoms with Gasteiger partial charge in [-0.2, -0.15) is 0 Å². The second kappa shape index (κ2) is 3.95. The fourth-order valence-corrected chi connectivity index (χ4v) is 7.02. The summed E-state index contributed by atoms with van der Waals surface area (Å²) in [6, 6.07) is 0. The van der Waals surface area contributed by atoms with E-state index < -0.39 is 0 Å². The number of rotatable bonds is 1. The van der Waals surface area contributed by atoms with E-state index in [4.69, 9.17) is 0 Å². The lowest BCUT2D eigenvalue weighted by atomic mass is 9.47. The maximum atomic E-state index is 12.6.